The first-order valence-electron chi connectivity index (χ1n) is 5.15. The third kappa shape index (κ3) is 3.03. The Morgan fingerprint density at radius 3 is 2.12 bits per heavy atom. The van der Waals surface area contributed by atoms with Crippen LogP contribution in [-0.4, -0.2) is 35.5 Å². The van der Waals surface area contributed by atoms with E-state index in [1.165, 1.54) is 0 Å². The van der Waals surface area contributed by atoms with Crippen LogP contribution in [0.2, 0.25) is 0 Å². The molecular weight excluding hydrogens is 210 g/mol. The van der Waals surface area contributed by atoms with Crippen molar-refractivity contribution in [1.82, 2.24) is 10.6 Å². The van der Waals surface area contributed by atoms with Crippen LogP contribution in [0.25, 0.3) is 0 Å². The molecular formula is C10H17N3O3. The molecule has 0 aromatic rings. The number of carbonyl (C=O) groups excluding carboxylic acids is 2. The van der Waals surface area contributed by atoms with Gasteiger partial charge in [0, 0.05) is 6.61 Å². The summed E-state index contributed by atoms with van der Waals surface area (Å²) >= 11 is 0. The number of nitrogens with zero attached hydrogens (tertiary/aromatic N) is 1. The number of nitrogens with one attached hydrogen (secondary N) is 2. The molecule has 0 radical (unpaired) electrons. The Bertz CT molecular complexity index is 313. The highest BCUT2D eigenvalue weighted by Crippen LogP contribution is 2.24. The van der Waals surface area contributed by atoms with E-state index in [2.05, 4.69) is 15.6 Å². The second kappa shape index (κ2) is 4.61. The van der Waals surface area contributed by atoms with Crippen LogP contribution in [-0.2, 0) is 9.59 Å². The van der Waals surface area contributed by atoms with E-state index in [4.69, 9.17) is 5.11 Å². The quantitative estimate of drug-likeness (QED) is 0.561. The molecule has 1 heterocycles. The third-order valence-corrected chi connectivity index (χ3v) is 2.36. The second-order valence-electron chi connectivity index (χ2n) is 4.78. The minimum atomic E-state index is -0.699. The average Bonchev–Trinajstić information content (AvgIpc) is 2.44. The lowest BCUT2D eigenvalue weighted by Gasteiger charge is -2.26. The first kappa shape index (κ1) is 12.6. The number of carbonyl (C=O) groups is 2. The summed E-state index contributed by atoms with van der Waals surface area (Å²) < 4.78 is 0. The summed E-state index contributed by atoms with van der Waals surface area (Å²) in [6.07, 6.45) is 0.485. The van der Waals surface area contributed by atoms with Crippen LogP contribution in [0.15, 0.2) is 4.99 Å². The molecule has 0 saturated carbocycles. The molecule has 0 bridgehead atoms. The van der Waals surface area contributed by atoms with E-state index in [9.17, 15) is 9.59 Å². The summed E-state index contributed by atoms with van der Waals surface area (Å²) in [5, 5.41) is 13.6. The largest absolute Gasteiger partial charge is 0.396 e. The number of hydrogen-bond donors (Lipinski definition) is 3. The van der Waals surface area contributed by atoms with Crippen molar-refractivity contribution < 1.29 is 14.7 Å². The first-order valence-corrected chi connectivity index (χ1v) is 5.15. The minimum Gasteiger partial charge on any atom is -0.396 e. The molecule has 6 nitrogen and oxygen atoms in total. The topological polar surface area (TPSA) is 90.8 Å². The Morgan fingerprint density at radius 1 is 1.25 bits per heavy atom. The van der Waals surface area contributed by atoms with Gasteiger partial charge in [-0.3, -0.25) is 20.2 Å². The molecule has 0 aromatic heterocycles. The van der Waals surface area contributed by atoms with Gasteiger partial charge in [0.1, 0.15) is 0 Å². The maximum absolute atomic E-state index is 10.9. The van der Waals surface area contributed by atoms with E-state index < -0.39 is 11.8 Å². The van der Waals surface area contributed by atoms with Crippen LogP contribution in [0.4, 0.5) is 0 Å². The van der Waals surface area contributed by atoms with Gasteiger partial charge < -0.3 is 5.11 Å². The number of amides is 2. The molecule has 90 valence electrons. The lowest BCUT2D eigenvalue weighted by Crippen LogP contribution is -2.33. The van der Waals surface area contributed by atoms with Crippen LogP contribution < -0.4 is 10.6 Å². The summed E-state index contributed by atoms with van der Waals surface area (Å²) in [4.78, 5) is 26.1. The van der Waals surface area contributed by atoms with Crippen molar-refractivity contribution in [2.45, 2.75) is 33.2 Å². The zero-order valence-corrected chi connectivity index (χ0v) is 9.70. The predicted octanol–water partition coefficient (Wildman–Crippen LogP) is -0.614. The number of rotatable bonds is 3. The number of hydrogen-bond acceptors (Lipinski definition) is 4. The van der Waals surface area contributed by atoms with Gasteiger partial charge in [-0.1, -0.05) is 20.8 Å². The lowest BCUT2D eigenvalue weighted by atomic mass is 9.85. The molecule has 2 amide bonds. The van der Waals surface area contributed by atoms with Crippen molar-refractivity contribution in [1.29, 1.82) is 0 Å². The summed E-state index contributed by atoms with van der Waals surface area (Å²) in [5.41, 5.74) is -0.145. The molecule has 0 spiro atoms. The first-order chi connectivity index (χ1) is 7.34. The van der Waals surface area contributed by atoms with Gasteiger partial charge in [0.05, 0.1) is 6.04 Å². The molecule has 1 aliphatic rings. The van der Waals surface area contributed by atoms with Crippen LogP contribution in [0.5, 0.6) is 0 Å². The molecule has 0 aliphatic carbocycles. The van der Waals surface area contributed by atoms with Gasteiger partial charge in [0.2, 0.25) is 5.96 Å². The number of guanidine groups is 1. The number of aliphatic hydroxyl groups excluding tert-OH is 1. The molecule has 16 heavy (non-hydrogen) atoms. The van der Waals surface area contributed by atoms with E-state index in [0.29, 0.717) is 6.42 Å². The fourth-order valence-corrected chi connectivity index (χ4v) is 1.39. The van der Waals surface area contributed by atoms with E-state index in [1.54, 1.807) is 0 Å². The van der Waals surface area contributed by atoms with Gasteiger partial charge in [-0.25, -0.2) is 4.99 Å². The van der Waals surface area contributed by atoms with Crippen LogP contribution >= 0.6 is 0 Å². The van der Waals surface area contributed by atoms with Gasteiger partial charge in [-0.15, -0.1) is 0 Å². The van der Waals surface area contributed by atoms with Crippen molar-refractivity contribution in [3.8, 4) is 0 Å². The molecule has 1 atom stereocenters. The lowest BCUT2D eigenvalue weighted by molar-refractivity contribution is -0.135. The fourth-order valence-electron chi connectivity index (χ4n) is 1.39. The summed E-state index contributed by atoms with van der Waals surface area (Å²) in [6, 6.07) is -0.161. The number of aliphatic hydroxyl groups is 1. The van der Waals surface area contributed by atoms with Crippen molar-refractivity contribution in [2.75, 3.05) is 6.61 Å². The molecule has 1 unspecified atom stereocenters. The van der Waals surface area contributed by atoms with Crippen LogP contribution in [0, 0.1) is 5.41 Å². The Kier molecular flexibility index (Phi) is 3.64. The molecule has 6 heteroatoms. The van der Waals surface area contributed by atoms with E-state index in [1.807, 2.05) is 20.8 Å². The smallest absolute Gasteiger partial charge is 0.316 e. The maximum atomic E-state index is 10.9. The fraction of sp³-hybridized carbons (Fsp3) is 0.700. The highest BCUT2D eigenvalue weighted by Gasteiger charge is 2.29. The highest BCUT2D eigenvalue weighted by molar-refractivity contribution is 6.45. The minimum absolute atomic E-state index is 0.0145. The SMILES string of the molecule is CC(C)(C)C(CCO)N=C1NC(=O)C(=O)N1. The van der Waals surface area contributed by atoms with Gasteiger partial charge in [0.15, 0.2) is 0 Å². The van der Waals surface area contributed by atoms with Crippen molar-refractivity contribution in [3.63, 3.8) is 0 Å². The molecule has 1 saturated heterocycles. The van der Waals surface area contributed by atoms with E-state index in [-0.39, 0.29) is 24.0 Å². The number of aliphatic imine (C=N–C) groups is 1. The third-order valence-electron chi connectivity index (χ3n) is 2.36. The van der Waals surface area contributed by atoms with E-state index in [0.717, 1.165) is 0 Å². The van der Waals surface area contributed by atoms with Gasteiger partial charge in [0.25, 0.3) is 0 Å². The molecule has 1 rings (SSSR count). The standard InChI is InChI=1S/C10H17N3O3/c1-10(2,3)6(4-5-14)11-9-12-7(15)8(16)13-9/h6,14H,4-5H2,1-3H3,(H2,11,12,13,15,16). The van der Waals surface area contributed by atoms with Gasteiger partial charge >= 0.3 is 11.8 Å². The summed E-state index contributed by atoms with van der Waals surface area (Å²) in [5.74, 6) is -1.23. The van der Waals surface area contributed by atoms with Crippen molar-refractivity contribution >= 4 is 17.8 Å². The Morgan fingerprint density at radius 2 is 1.75 bits per heavy atom. The summed E-state index contributed by atoms with van der Waals surface area (Å²) in [7, 11) is 0. The molecule has 1 fully saturated rings. The van der Waals surface area contributed by atoms with Crippen LogP contribution in [0.1, 0.15) is 27.2 Å². The van der Waals surface area contributed by atoms with Crippen molar-refractivity contribution in [3.05, 3.63) is 0 Å². The van der Waals surface area contributed by atoms with Crippen LogP contribution in [0.3, 0.4) is 0 Å². The maximum Gasteiger partial charge on any atom is 0.316 e. The average molecular weight is 227 g/mol. The molecule has 1 aliphatic heterocycles. The van der Waals surface area contributed by atoms with Crippen molar-refractivity contribution in [2.24, 2.45) is 10.4 Å². The summed E-state index contributed by atoms with van der Waals surface area (Å²) in [6.45, 7) is 5.96. The van der Waals surface area contributed by atoms with Gasteiger partial charge in [-0.2, -0.15) is 0 Å². The normalized spacial score (nSPS) is 18.1. The zero-order chi connectivity index (χ0) is 12.3. The molecule has 3 N–H and O–H groups in total. The Balaban J connectivity index is 2.79. The monoisotopic (exact) mass is 227 g/mol. The highest BCUT2D eigenvalue weighted by atomic mass is 16.3. The zero-order valence-electron chi connectivity index (χ0n) is 9.70. The molecule has 0 aromatic carbocycles. The van der Waals surface area contributed by atoms with E-state index >= 15 is 0 Å². The Labute approximate surface area is 94.1 Å². The van der Waals surface area contributed by atoms with Gasteiger partial charge in [-0.05, 0) is 11.8 Å². The second-order valence-corrected chi connectivity index (χ2v) is 4.78. The Hall–Kier alpha value is -1.43. The predicted molar refractivity (Wildman–Crippen MR) is 58.7 cm³/mol.